The van der Waals surface area contributed by atoms with Crippen molar-refractivity contribution < 1.29 is 23.8 Å². The van der Waals surface area contributed by atoms with Gasteiger partial charge in [0, 0.05) is 10.7 Å². The zero-order valence-corrected chi connectivity index (χ0v) is 13.2. The molecule has 0 aliphatic heterocycles. The summed E-state index contributed by atoms with van der Waals surface area (Å²) in [7, 11) is 1.12. The molecule has 0 aliphatic rings. The second-order valence-corrected chi connectivity index (χ2v) is 5.23. The number of nitriles is 1. The number of carboxylic acids is 1. The second-order valence-electron chi connectivity index (χ2n) is 4.37. The SMILES string of the molecule is COC(=O)c1c(N)c(C#N)cn1-c1c(F)cc(C(=O)O)cc1Br. The smallest absolute Gasteiger partial charge is 0.357 e. The first kappa shape index (κ1) is 16.5. The number of carboxylic acid groups (broad SMARTS) is 1. The zero-order valence-electron chi connectivity index (χ0n) is 11.6. The maximum atomic E-state index is 14.4. The summed E-state index contributed by atoms with van der Waals surface area (Å²) >= 11 is 3.06. The van der Waals surface area contributed by atoms with Crippen LogP contribution in [-0.2, 0) is 4.74 Å². The number of carbonyl (C=O) groups is 2. The van der Waals surface area contributed by atoms with Gasteiger partial charge in [-0.05, 0) is 28.1 Å². The molecule has 0 amide bonds. The Labute approximate surface area is 137 Å². The highest BCUT2D eigenvalue weighted by Crippen LogP contribution is 2.31. The molecule has 0 saturated heterocycles. The lowest BCUT2D eigenvalue weighted by Gasteiger charge is -2.12. The number of nitrogen functional groups attached to an aromatic ring is 1. The first-order valence-corrected chi connectivity index (χ1v) is 6.83. The first-order valence-electron chi connectivity index (χ1n) is 6.03. The van der Waals surface area contributed by atoms with E-state index in [0.29, 0.717) is 0 Å². The fourth-order valence-corrected chi connectivity index (χ4v) is 2.64. The van der Waals surface area contributed by atoms with Gasteiger partial charge in [-0.3, -0.25) is 0 Å². The number of benzene rings is 1. The van der Waals surface area contributed by atoms with E-state index in [1.54, 1.807) is 6.07 Å². The van der Waals surface area contributed by atoms with Gasteiger partial charge in [-0.1, -0.05) is 0 Å². The number of hydrogen-bond acceptors (Lipinski definition) is 5. The molecule has 0 bridgehead atoms. The summed E-state index contributed by atoms with van der Waals surface area (Å²) in [5.74, 6) is -3.09. The van der Waals surface area contributed by atoms with Gasteiger partial charge in [0.25, 0.3) is 0 Å². The number of ether oxygens (including phenoxy) is 1. The molecule has 0 spiro atoms. The van der Waals surface area contributed by atoms with Crippen molar-refractivity contribution in [2.24, 2.45) is 0 Å². The molecule has 9 heteroatoms. The molecule has 0 saturated carbocycles. The molecule has 1 aromatic carbocycles. The van der Waals surface area contributed by atoms with Crippen molar-refractivity contribution in [3.8, 4) is 11.8 Å². The third-order valence-corrected chi connectivity index (χ3v) is 3.65. The standard InChI is InChI=1S/C14H9BrFN3O4/c1-23-14(22)12-10(18)7(4-17)5-19(12)11-8(15)2-6(13(20)21)3-9(11)16/h2-3,5H,18H2,1H3,(H,20,21). The van der Waals surface area contributed by atoms with Gasteiger partial charge in [-0.15, -0.1) is 0 Å². The molecule has 1 aromatic heterocycles. The van der Waals surface area contributed by atoms with Crippen LogP contribution in [0.5, 0.6) is 0 Å². The van der Waals surface area contributed by atoms with Crippen molar-refractivity contribution in [2.75, 3.05) is 12.8 Å². The van der Waals surface area contributed by atoms with E-state index in [1.807, 2.05) is 0 Å². The van der Waals surface area contributed by atoms with Gasteiger partial charge in [0.1, 0.15) is 11.9 Å². The normalized spacial score (nSPS) is 10.2. The minimum atomic E-state index is -1.31. The summed E-state index contributed by atoms with van der Waals surface area (Å²) in [6.07, 6.45) is 1.17. The van der Waals surface area contributed by atoms with Crippen LogP contribution in [0.1, 0.15) is 26.4 Å². The number of esters is 1. The minimum Gasteiger partial charge on any atom is -0.478 e. The summed E-state index contributed by atoms with van der Waals surface area (Å²) in [4.78, 5) is 22.8. The summed E-state index contributed by atoms with van der Waals surface area (Å²) in [6.45, 7) is 0. The third kappa shape index (κ3) is 2.76. The summed E-state index contributed by atoms with van der Waals surface area (Å²) < 4.78 is 20.1. The Hall–Kier alpha value is -2.86. The van der Waals surface area contributed by atoms with Gasteiger partial charge < -0.3 is 20.1 Å². The van der Waals surface area contributed by atoms with E-state index in [0.717, 1.165) is 17.7 Å². The molecule has 0 aliphatic carbocycles. The van der Waals surface area contributed by atoms with E-state index in [1.165, 1.54) is 12.3 Å². The van der Waals surface area contributed by atoms with Crippen molar-refractivity contribution in [3.63, 3.8) is 0 Å². The second kappa shape index (κ2) is 6.10. The predicted molar refractivity (Wildman–Crippen MR) is 80.9 cm³/mol. The van der Waals surface area contributed by atoms with Crippen molar-refractivity contribution in [2.45, 2.75) is 0 Å². The highest BCUT2D eigenvalue weighted by molar-refractivity contribution is 9.10. The average molecular weight is 382 g/mol. The van der Waals surface area contributed by atoms with Crippen LogP contribution in [0, 0.1) is 17.1 Å². The number of nitrogens with two attached hydrogens (primary N) is 1. The number of aromatic carboxylic acids is 1. The number of anilines is 1. The highest BCUT2D eigenvalue weighted by Gasteiger charge is 2.25. The maximum Gasteiger partial charge on any atom is 0.357 e. The van der Waals surface area contributed by atoms with Gasteiger partial charge in [0.05, 0.1) is 29.6 Å². The van der Waals surface area contributed by atoms with E-state index in [9.17, 15) is 14.0 Å². The van der Waals surface area contributed by atoms with Gasteiger partial charge >= 0.3 is 11.9 Å². The third-order valence-electron chi connectivity index (χ3n) is 3.05. The Morgan fingerprint density at radius 1 is 1.48 bits per heavy atom. The zero-order chi connectivity index (χ0) is 17.3. The largest absolute Gasteiger partial charge is 0.478 e. The lowest BCUT2D eigenvalue weighted by atomic mass is 10.2. The van der Waals surface area contributed by atoms with Gasteiger partial charge in [-0.2, -0.15) is 5.26 Å². The predicted octanol–water partition coefficient (Wildman–Crippen LogP) is 2.32. The molecule has 0 radical (unpaired) electrons. The number of rotatable bonds is 3. The molecule has 2 rings (SSSR count). The molecule has 0 fully saturated rings. The van der Waals surface area contributed by atoms with Crippen LogP contribution in [0.25, 0.3) is 5.69 Å². The quantitative estimate of drug-likeness (QED) is 0.787. The summed E-state index contributed by atoms with van der Waals surface area (Å²) in [5, 5.41) is 18.0. The number of methoxy groups -OCH3 is 1. The molecule has 3 N–H and O–H groups in total. The Morgan fingerprint density at radius 2 is 2.13 bits per heavy atom. The number of halogens is 2. The van der Waals surface area contributed by atoms with Gasteiger partial charge in [-0.25, -0.2) is 14.0 Å². The Morgan fingerprint density at radius 3 is 2.61 bits per heavy atom. The van der Waals surface area contributed by atoms with Crippen molar-refractivity contribution >= 4 is 33.6 Å². The van der Waals surface area contributed by atoms with Crippen molar-refractivity contribution in [1.29, 1.82) is 5.26 Å². The van der Waals surface area contributed by atoms with E-state index in [4.69, 9.17) is 16.1 Å². The molecule has 0 atom stereocenters. The Kier molecular flexibility index (Phi) is 4.38. The van der Waals surface area contributed by atoms with Crippen LogP contribution >= 0.6 is 15.9 Å². The number of hydrogen-bond donors (Lipinski definition) is 2. The topological polar surface area (TPSA) is 118 Å². The summed E-state index contributed by atoms with van der Waals surface area (Å²) in [6, 6.07) is 3.76. The van der Waals surface area contributed by atoms with Crippen molar-refractivity contribution in [3.05, 3.63) is 45.4 Å². The fourth-order valence-electron chi connectivity index (χ4n) is 2.01. The van der Waals surface area contributed by atoms with Gasteiger partial charge in [0.2, 0.25) is 0 Å². The molecule has 1 heterocycles. The highest BCUT2D eigenvalue weighted by atomic mass is 79.9. The summed E-state index contributed by atoms with van der Waals surface area (Å²) in [5.41, 5.74) is 4.86. The van der Waals surface area contributed by atoms with Crippen LogP contribution in [0.4, 0.5) is 10.1 Å². The number of aromatic nitrogens is 1. The first-order chi connectivity index (χ1) is 10.8. The van der Waals surface area contributed by atoms with E-state index < -0.39 is 17.8 Å². The van der Waals surface area contributed by atoms with Crippen LogP contribution in [0.2, 0.25) is 0 Å². The molecule has 23 heavy (non-hydrogen) atoms. The minimum absolute atomic E-state index is 0.0426. The maximum absolute atomic E-state index is 14.4. The molecular weight excluding hydrogens is 373 g/mol. The van der Waals surface area contributed by atoms with Crippen LogP contribution in [0.15, 0.2) is 22.8 Å². The van der Waals surface area contributed by atoms with Crippen LogP contribution in [-0.4, -0.2) is 28.7 Å². The molecule has 0 unspecified atom stereocenters. The fraction of sp³-hybridized carbons (Fsp3) is 0.0714. The van der Waals surface area contributed by atoms with Crippen LogP contribution in [0.3, 0.4) is 0 Å². The van der Waals surface area contributed by atoms with E-state index >= 15 is 0 Å². The lowest BCUT2D eigenvalue weighted by Crippen LogP contribution is -2.13. The van der Waals surface area contributed by atoms with Gasteiger partial charge in [0.15, 0.2) is 5.69 Å². The average Bonchev–Trinajstić information content (AvgIpc) is 2.82. The molecular formula is C14H9BrFN3O4. The molecule has 118 valence electrons. The molecule has 2 aromatic rings. The van der Waals surface area contributed by atoms with Crippen molar-refractivity contribution in [1.82, 2.24) is 4.57 Å². The van der Waals surface area contributed by atoms with E-state index in [-0.39, 0.29) is 32.7 Å². The lowest BCUT2D eigenvalue weighted by molar-refractivity contribution is 0.0591. The Bertz CT molecular complexity index is 847. The monoisotopic (exact) mass is 381 g/mol. The Balaban J connectivity index is 2.80. The van der Waals surface area contributed by atoms with Crippen LogP contribution < -0.4 is 5.73 Å². The number of nitrogens with zero attached hydrogens (tertiary/aromatic N) is 2. The van der Waals surface area contributed by atoms with E-state index in [2.05, 4.69) is 20.7 Å². The number of carbonyl (C=O) groups excluding carboxylic acids is 1. The molecule has 7 nitrogen and oxygen atoms in total.